The van der Waals surface area contributed by atoms with E-state index in [4.69, 9.17) is 0 Å². The van der Waals surface area contributed by atoms with E-state index < -0.39 is 0 Å². The summed E-state index contributed by atoms with van der Waals surface area (Å²) in [6.07, 6.45) is 0. The SMILES string of the molecule is CN1CCN(Cc2cc(F)ccc2O)c2ccccc21. The molecule has 0 saturated carbocycles. The molecule has 0 aromatic heterocycles. The summed E-state index contributed by atoms with van der Waals surface area (Å²) in [5, 5.41) is 9.86. The molecule has 20 heavy (non-hydrogen) atoms. The van der Waals surface area contributed by atoms with Crippen LogP contribution in [0.25, 0.3) is 0 Å². The van der Waals surface area contributed by atoms with Crippen LogP contribution in [0.3, 0.4) is 0 Å². The second kappa shape index (κ2) is 5.04. The van der Waals surface area contributed by atoms with Crippen LogP contribution in [0.4, 0.5) is 15.8 Å². The van der Waals surface area contributed by atoms with Crippen LogP contribution >= 0.6 is 0 Å². The Bertz CT molecular complexity index is 630. The third kappa shape index (κ3) is 2.29. The van der Waals surface area contributed by atoms with Gasteiger partial charge in [-0.2, -0.15) is 0 Å². The number of para-hydroxylation sites is 2. The number of halogens is 1. The minimum atomic E-state index is -0.319. The highest BCUT2D eigenvalue weighted by Crippen LogP contribution is 2.33. The van der Waals surface area contributed by atoms with Crippen LogP contribution in [0.2, 0.25) is 0 Å². The molecule has 1 aliphatic rings. The van der Waals surface area contributed by atoms with Gasteiger partial charge in [0.05, 0.1) is 11.4 Å². The van der Waals surface area contributed by atoms with E-state index in [-0.39, 0.29) is 11.6 Å². The molecule has 0 atom stereocenters. The summed E-state index contributed by atoms with van der Waals surface area (Å²) in [7, 11) is 2.07. The van der Waals surface area contributed by atoms with Crippen LogP contribution < -0.4 is 9.80 Å². The molecule has 3 nitrogen and oxygen atoms in total. The molecule has 2 aromatic rings. The number of anilines is 2. The largest absolute Gasteiger partial charge is 0.508 e. The maximum Gasteiger partial charge on any atom is 0.123 e. The lowest BCUT2D eigenvalue weighted by Crippen LogP contribution is -2.38. The predicted molar refractivity (Wildman–Crippen MR) is 78.8 cm³/mol. The Morgan fingerprint density at radius 3 is 2.65 bits per heavy atom. The Morgan fingerprint density at radius 1 is 1.10 bits per heavy atom. The highest BCUT2D eigenvalue weighted by atomic mass is 19.1. The van der Waals surface area contributed by atoms with Crippen LogP contribution in [-0.4, -0.2) is 25.2 Å². The predicted octanol–water partition coefficient (Wildman–Crippen LogP) is 2.99. The Labute approximate surface area is 117 Å². The molecule has 1 N–H and O–H groups in total. The number of likely N-dealkylation sites (N-methyl/N-ethyl adjacent to an activating group) is 1. The smallest absolute Gasteiger partial charge is 0.123 e. The van der Waals surface area contributed by atoms with E-state index in [0.29, 0.717) is 12.1 Å². The van der Waals surface area contributed by atoms with Crippen molar-refractivity contribution in [2.75, 3.05) is 29.9 Å². The van der Waals surface area contributed by atoms with E-state index in [1.807, 2.05) is 12.1 Å². The zero-order chi connectivity index (χ0) is 14.1. The maximum absolute atomic E-state index is 13.3. The summed E-state index contributed by atoms with van der Waals surface area (Å²) in [4.78, 5) is 4.38. The van der Waals surface area contributed by atoms with Crippen molar-refractivity contribution < 1.29 is 9.50 Å². The first-order chi connectivity index (χ1) is 9.65. The molecule has 0 saturated heterocycles. The summed E-state index contributed by atoms with van der Waals surface area (Å²) in [6, 6.07) is 12.2. The second-order valence-electron chi connectivity index (χ2n) is 5.10. The number of benzene rings is 2. The van der Waals surface area contributed by atoms with Crippen molar-refractivity contribution in [3.63, 3.8) is 0 Å². The Balaban J connectivity index is 1.92. The van der Waals surface area contributed by atoms with Gasteiger partial charge in [0, 0.05) is 32.2 Å². The van der Waals surface area contributed by atoms with Gasteiger partial charge in [-0.3, -0.25) is 0 Å². The zero-order valence-corrected chi connectivity index (χ0v) is 11.4. The highest BCUT2D eigenvalue weighted by Gasteiger charge is 2.20. The van der Waals surface area contributed by atoms with Gasteiger partial charge in [0.25, 0.3) is 0 Å². The molecule has 0 fully saturated rings. The average Bonchev–Trinajstić information content (AvgIpc) is 2.46. The molecule has 0 aliphatic carbocycles. The van der Waals surface area contributed by atoms with Gasteiger partial charge < -0.3 is 14.9 Å². The van der Waals surface area contributed by atoms with E-state index in [2.05, 4.69) is 29.0 Å². The van der Waals surface area contributed by atoms with E-state index in [0.717, 1.165) is 24.5 Å². The lowest BCUT2D eigenvalue weighted by Gasteiger charge is -2.37. The normalized spacial score (nSPS) is 14.3. The molecule has 3 rings (SSSR count). The Kier molecular flexibility index (Phi) is 3.22. The van der Waals surface area contributed by atoms with Crippen LogP contribution in [0.15, 0.2) is 42.5 Å². The number of phenolic OH excluding ortho intramolecular Hbond substituents is 1. The average molecular weight is 272 g/mol. The molecule has 0 unspecified atom stereocenters. The maximum atomic E-state index is 13.3. The van der Waals surface area contributed by atoms with E-state index in [1.165, 1.54) is 18.2 Å². The molecule has 0 radical (unpaired) electrons. The van der Waals surface area contributed by atoms with E-state index >= 15 is 0 Å². The first-order valence-corrected chi connectivity index (χ1v) is 6.67. The van der Waals surface area contributed by atoms with Crippen molar-refractivity contribution in [2.45, 2.75) is 6.54 Å². The summed E-state index contributed by atoms with van der Waals surface area (Å²) >= 11 is 0. The molecule has 104 valence electrons. The van der Waals surface area contributed by atoms with Crippen molar-refractivity contribution in [1.29, 1.82) is 0 Å². The van der Waals surface area contributed by atoms with Gasteiger partial charge in [0.1, 0.15) is 11.6 Å². The van der Waals surface area contributed by atoms with E-state index in [9.17, 15) is 9.50 Å². The molecule has 2 aromatic carbocycles. The zero-order valence-electron chi connectivity index (χ0n) is 11.4. The van der Waals surface area contributed by atoms with Crippen molar-refractivity contribution in [2.24, 2.45) is 0 Å². The molecule has 0 bridgehead atoms. The van der Waals surface area contributed by atoms with Gasteiger partial charge in [0.2, 0.25) is 0 Å². The van der Waals surface area contributed by atoms with Gasteiger partial charge in [-0.05, 0) is 30.3 Å². The second-order valence-corrected chi connectivity index (χ2v) is 5.10. The summed E-state index contributed by atoms with van der Waals surface area (Å²) in [5.41, 5.74) is 2.89. The molecule has 1 heterocycles. The minimum Gasteiger partial charge on any atom is -0.508 e. The molecule has 0 amide bonds. The van der Waals surface area contributed by atoms with Crippen molar-refractivity contribution >= 4 is 11.4 Å². The Morgan fingerprint density at radius 2 is 1.85 bits per heavy atom. The molecule has 1 aliphatic heterocycles. The first kappa shape index (κ1) is 12.8. The van der Waals surface area contributed by atoms with Gasteiger partial charge in [-0.15, -0.1) is 0 Å². The number of nitrogens with zero attached hydrogens (tertiary/aromatic N) is 2. The molecular formula is C16H17FN2O. The monoisotopic (exact) mass is 272 g/mol. The summed E-state index contributed by atoms with van der Waals surface area (Å²) in [5.74, 6) is -0.178. The number of hydrogen-bond acceptors (Lipinski definition) is 3. The van der Waals surface area contributed by atoms with E-state index in [1.54, 1.807) is 0 Å². The third-order valence-corrected chi connectivity index (χ3v) is 3.74. The quantitative estimate of drug-likeness (QED) is 0.910. The number of fused-ring (bicyclic) bond motifs is 1. The van der Waals surface area contributed by atoms with Crippen molar-refractivity contribution in [3.05, 3.63) is 53.8 Å². The van der Waals surface area contributed by atoms with Gasteiger partial charge in [-0.1, -0.05) is 12.1 Å². The first-order valence-electron chi connectivity index (χ1n) is 6.67. The number of hydrogen-bond donors (Lipinski definition) is 1. The van der Waals surface area contributed by atoms with Crippen molar-refractivity contribution in [1.82, 2.24) is 0 Å². The van der Waals surface area contributed by atoms with Crippen LogP contribution in [0, 0.1) is 5.82 Å². The fourth-order valence-corrected chi connectivity index (χ4v) is 2.62. The Hall–Kier alpha value is -2.23. The lowest BCUT2D eigenvalue weighted by atomic mass is 10.1. The molecular weight excluding hydrogens is 255 g/mol. The topological polar surface area (TPSA) is 26.7 Å². The molecule has 4 heteroatoms. The number of phenols is 1. The fourth-order valence-electron chi connectivity index (χ4n) is 2.62. The third-order valence-electron chi connectivity index (χ3n) is 3.74. The summed E-state index contributed by atoms with van der Waals surface area (Å²) in [6.45, 7) is 2.27. The minimum absolute atomic E-state index is 0.141. The van der Waals surface area contributed by atoms with Gasteiger partial charge >= 0.3 is 0 Å². The molecule has 0 spiro atoms. The number of aromatic hydroxyl groups is 1. The van der Waals surface area contributed by atoms with Crippen molar-refractivity contribution in [3.8, 4) is 5.75 Å². The van der Waals surface area contributed by atoms with Crippen LogP contribution in [0.1, 0.15) is 5.56 Å². The van der Waals surface area contributed by atoms with Crippen LogP contribution in [0.5, 0.6) is 5.75 Å². The van der Waals surface area contributed by atoms with Crippen LogP contribution in [-0.2, 0) is 6.54 Å². The standard InChI is InChI=1S/C16H17FN2O/c1-18-8-9-19(15-5-3-2-4-14(15)18)11-12-10-13(17)6-7-16(12)20/h2-7,10,20H,8-9,11H2,1H3. The fraction of sp³-hybridized carbons (Fsp3) is 0.250. The highest BCUT2D eigenvalue weighted by molar-refractivity contribution is 5.73. The number of rotatable bonds is 2. The summed E-state index contributed by atoms with van der Waals surface area (Å²) < 4.78 is 13.3. The van der Waals surface area contributed by atoms with Gasteiger partial charge in [-0.25, -0.2) is 4.39 Å². The van der Waals surface area contributed by atoms with Gasteiger partial charge in [0.15, 0.2) is 0 Å². The lowest BCUT2D eigenvalue weighted by molar-refractivity contribution is 0.464.